The molecule has 0 aliphatic rings. The fourth-order valence-electron chi connectivity index (χ4n) is 1.08. The van der Waals surface area contributed by atoms with Gasteiger partial charge in [0, 0.05) is 0 Å². The van der Waals surface area contributed by atoms with Crippen molar-refractivity contribution in [3.63, 3.8) is 0 Å². The zero-order chi connectivity index (χ0) is 8.59. The smallest absolute Gasteiger partial charge is 0.0683 e. The highest BCUT2D eigenvalue weighted by molar-refractivity contribution is 6.49. The fourth-order valence-corrected chi connectivity index (χ4v) is 1.75. The number of aryl methyl sites for hydroxylation is 1. The molecule has 0 saturated carbocycles. The first kappa shape index (κ1) is 8.75. The summed E-state index contributed by atoms with van der Waals surface area (Å²) in [5.41, 5.74) is 4.00. The van der Waals surface area contributed by atoms with Crippen molar-refractivity contribution in [3.8, 4) is 0 Å². The summed E-state index contributed by atoms with van der Waals surface area (Å²) in [5.74, 6) is 0. The second-order valence-corrected chi connectivity index (χ2v) is 3.90. The highest BCUT2D eigenvalue weighted by atomic mass is 28.2. The van der Waals surface area contributed by atoms with Crippen LogP contribution in [0.5, 0.6) is 0 Å². The normalized spacial score (nSPS) is 10.3. The van der Waals surface area contributed by atoms with E-state index in [-0.39, 0.29) is 0 Å². The van der Waals surface area contributed by atoms with Crippen molar-refractivity contribution >= 4 is 30.9 Å². The average Bonchev–Trinajstić information content (AvgIpc) is 1.97. The van der Waals surface area contributed by atoms with Gasteiger partial charge in [0.25, 0.3) is 0 Å². The molecule has 6 radical (unpaired) electrons. The first-order valence-corrected chi connectivity index (χ1v) is 4.58. The Bertz CT molecular complexity index is 264. The molecule has 1 aromatic carbocycles. The molecule has 0 aromatic heterocycles. The van der Waals surface area contributed by atoms with E-state index in [9.17, 15) is 0 Å². The predicted molar refractivity (Wildman–Crippen MR) is 51.4 cm³/mol. The van der Waals surface area contributed by atoms with Gasteiger partial charge in [-0.1, -0.05) is 16.4 Å². The van der Waals surface area contributed by atoms with E-state index in [4.69, 9.17) is 0 Å². The van der Waals surface area contributed by atoms with E-state index < -0.39 is 0 Å². The maximum absolute atomic E-state index is 3.57. The second kappa shape index (κ2) is 2.95. The molecule has 54 valence electrons. The Kier molecular flexibility index (Phi) is 2.35. The fraction of sp³-hybridized carbons (Fsp3) is 0.333. The van der Waals surface area contributed by atoms with Crippen molar-refractivity contribution < 1.29 is 0 Å². The van der Waals surface area contributed by atoms with Crippen LogP contribution in [0.3, 0.4) is 0 Å². The predicted octanol–water partition coefficient (Wildman–Crippen LogP) is 0.199. The molecule has 0 nitrogen and oxygen atoms in total. The molecule has 0 bridgehead atoms. The quantitative estimate of drug-likeness (QED) is 0.493. The number of benzene rings is 1. The van der Waals surface area contributed by atoms with E-state index >= 15 is 0 Å². The second-order valence-electron chi connectivity index (χ2n) is 2.87. The van der Waals surface area contributed by atoms with Crippen molar-refractivity contribution in [1.29, 1.82) is 0 Å². The summed E-state index contributed by atoms with van der Waals surface area (Å²) in [7, 11) is 7.10. The van der Waals surface area contributed by atoms with Gasteiger partial charge in [0.05, 0.1) is 20.5 Å². The molecule has 2 heteroatoms. The maximum atomic E-state index is 3.57. The molecule has 0 fully saturated rings. The zero-order valence-corrected chi connectivity index (χ0v) is 9.08. The van der Waals surface area contributed by atoms with Crippen LogP contribution in [0.4, 0.5) is 0 Å². The van der Waals surface area contributed by atoms with Crippen LogP contribution in [-0.4, -0.2) is 20.5 Å². The summed E-state index contributed by atoms with van der Waals surface area (Å²) in [6, 6.07) is 2.13. The Balaban J connectivity index is 3.46. The summed E-state index contributed by atoms with van der Waals surface area (Å²) in [4.78, 5) is 0. The minimum Gasteiger partial charge on any atom is -0.0683 e. The van der Waals surface area contributed by atoms with Crippen LogP contribution in [0.2, 0.25) is 0 Å². The van der Waals surface area contributed by atoms with Crippen LogP contribution in [0.25, 0.3) is 0 Å². The monoisotopic (exact) mass is 174 g/mol. The average molecular weight is 174 g/mol. The van der Waals surface area contributed by atoms with Gasteiger partial charge in [0.15, 0.2) is 0 Å². The minimum atomic E-state index is 1.13. The Hall–Kier alpha value is -0.346. The van der Waals surface area contributed by atoms with E-state index in [1.807, 2.05) is 0 Å². The Labute approximate surface area is 74.9 Å². The highest BCUT2D eigenvalue weighted by Gasteiger charge is 2.02. The van der Waals surface area contributed by atoms with Crippen molar-refractivity contribution in [1.82, 2.24) is 0 Å². The maximum Gasteiger partial charge on any atom is 0.0713 e. The summed E-state index contributed by atoms with van der Waals surface area (Å²) in [6.45, 7) is 6.38. The molecule has 0 amide bonds. The molecule has 0 N–H and O–H groups in total. The van der Waals surface area contributed by atoms with Crippen molar-refractivity contribution in [3.05, 3.63) is 22.8 Å². The van der Waals surface area contributed by atoms with Gasteiger partial charge < -0.3 is 0 Å². The first-order valence-electron chi connectivity index (χ1n) is 3.58. The molecule has 1 rings (SSSR count). The van der Waals surface area contributed by atoms with Crippen molar-refractivity contribution in [2.45, 2.75) is 20.8 Å². The Morgan fingerprint density at radius 2 is 1.55 bits per heavy atom. The Morgan fingerprint density at radius 1 is 1.00 bits per heavy atom. The van der Waals surface area contributed by atoms with Crippen LogP contribution < -0.4 is 10.4 Å². The molecule has 11 heavy (non-hydrogen) atoms. The van der Waals surface area contributed by atoms with Crippen LogP contribution in [0.1, 0.15) is 16.7 Å². The van der Waals surface area contributed by atoms with Gasteiger partial charge in [-0.05, 0) is 37.5 Å². The molecule has 0 saturated heterocycles. The van der Waals surface area contributed by atoms with Crippen LogP contribution in [0, 0.1) is 20.8 Å². The van der Waals surface area contributed by atoms with Crippen LogP contribution in [-0.2, 0) is 0 Å². The number of hydrogen-bond donors (Lipinski definition) is 0. The molecular weight excluding hydrogens is 164 g/mol. The minimum absolute atomic E-state index is 1.13. The van der Waals surface area contributed by atoms with E-state index in [1.54, 1.807) is 0 Å². The van der Waals surface area contributed by atoms with Gasteiger partial charge in [-0.25, -0.2) is 0 Å². The van der Waals surface area contributed by atoms with Gasteiger partial charge in [0.2, 0.25) is 0 Å². The van der Waals surface area contributed by atoms with E-state index in [0.29, 0.717) is 0 Å². The lowest BCUT2D eigenvalue weighted by Gasteiger charge is -2.10. The number of rotatable bonds is 0. The summed E-state index contributed by atoms with van der Waals surface area (Å²) in [5, 5.41) is 2.28. The lowest BCUT2D eigenvalue weighted by molar-refractivity contribution is 1.29. The van der Waals surface area contributed by atoms with E-state index in [1.165, 1.54) is 16.7 Å². The molecule has 0 spiro atoms. The van der Waals surface area contributed by atoms with Crippen molar-refractivity contribution in [2.75, 3.05) is 0 Å². The SMILES string of the molecule is Cc1cc([Si])c([Si])c(C)c1C. The van der Waals surface area contributed by atoms with Gasteiger partial charge in [-0.15, -0.1) is 0 Å². The molecule has 0 atom stereocenters. The largest absolute Gasteiger partial charge is 0.0713 e. The molecule has 0 aliphatic heterocycles. The van der Waals surface area contributed by atoms with Crippen molar-refractivity contribution in [2.24, 2.45) is 0 Å². The Morgan fingerprint density at radius 3 is 2.09 bits per heavy atom. The first-order chi connectivity index (χ1) is 5.04. The third kappa shape index (κ3) is 1.46. The topological polar surface area (TPSA) is 0 Å². The van der Waals surface area contributed by atoms with Crippen LogP contribution in [0.15, 0.2) is 6.07 Å². The third-order valence-electron chi connectivity index (χ3n) is 2.16. The van der Waals surface area contributed by atoms with Gasteiger partial charge in [-0.3, -0.25) is 0 Å². The molecule has 1 aromatic rings. The lowest BCUT2D eigenvalue weighted by Crippen LogP contribution is -2.29. The van der Waals surface area contributed by atoms with E-state index in [2.05, 4.69) is 47.3 Å². The third-order valence-corrected chi connectivity index (χ3v) is 3.45. The summed E-state index contributed by atoms with van der Waals surface area (Å²) >= 11 is 0. The highest BCUT2D eigenvalue weighted by Crippen LogP contribution is 2.06. The molecular formula is C9H10Si2. The number of hydrogen-bond acceptors (Lipinski definition) is 0. The zero-order valence-electron chi connectivity index (χ0n) is 7.08. The van der Waals surface area contributed by atoms with Gasteiger partial charge in [0.1, 0.15) is 0 Å². The van der Waals surface area contributed by atoms with Gasteiger partial charge >= 0.3 is 0 Å². The van der Waals surface area contributed by atoms with Gasteiger partial charge in [-0.2, -0.15) is 0 Å². The molecule has 0 unspecified atom stereocenters. The van der Waals surface area contributed by atoms with Crippen LogP contribution >= 0.6 is 0 Å². The lowest BCUT2D eigenvalue weighted by atomic mass is 10.0. The standard InChI is InChI=1S/C9H10Si2/c1-5-4-8(10)9(11)7(3)6(5)2/h4H,1-3H3. The molecule has 0 heterocycles. The molecule has 0 aliphatic carbocycles. The van der Waals surface area contributed by atoms with E-state index in [0.717, 1.165) is 10.4 Å². The summed E-state index contributed by atoms with van der Waals surface area (Å²) in [6.07, 6.45) is 0. The summed E-state index contributed by atoms with van der Waals surface area (Å²) < 4.78 is 0.